The third-order valence-corrected chi connectivity index (χ3v) is 6.66. The molecule has 0 radical (unpaired) electrons. The second kappa shape index (κ2) is 9.27. The summed E-state index contributed by atoms with van der Waals surface area (Å²) in [6.07, 6.45) is 3.92. The lowest BCUT2D eigenvalue weighted by Crippen LogP contribution is -2.64. The van der Waals surface area contributed by atoms with Gasteiger partial charge in [-0.2, -0.15) is 5.10 Å². The van der Waals surface area contributed by atoms with Crippen LogP contribution in [0.5, 0.6) is 0 Å². The van der Waals surface area contributed by atoms with Gasteiger partial charge in [0, 0.05) is 17.8 Å². The van der Waals surface area contributed by atoms with E-state index < -0.39 is 35.4 Å². The first-order valence-corrected chi connectivity index (χ1v) is 11.4. The fourth-order valence-corrected chi connectivity index (χ4v) is 5.03. The smallest absolute Gasteiger partial charge is 0.337 e. The van der Waals surface area contributed by atoms with Crippen LogP contribution in [-0.4, -0.2) is 51.3 Å². The fraction of sp³-hybridized carbons (Fsp3) is 0.214. The highest BCUT2D eigenvalue weighted by Gasteiger charge is 2.65. The lowest BCUT2D eigenvalue weighted by molar-refractivity contribution is -0.163. The second-order valence-corrected chi connectivity index (χ2v) is 8.60. The summed E-state index contributed by atoms with van der Waals surface area (Å²) in [5.74, 6) is -1.66. The van der Waals surface area contributed by atoms with E-state index in [2.05, 4.69) is 10.1 Å². The van der Waals surface area contributed by atoms with Gasteiger partial charge in [-0.3, -0.25) is 14.8 Å². The van der Waals surface area contributed by atoms with Crippen molar-refractivity contribution in [2.75, 3.05) is 7.11 Å². The largest absolute Gasteiger partial charge is 0.467 e. The average molecular weight is 468 g/mol. The standard InChI is InChI=1S/C28H25N3O4/c1-35-27(34)28-22(19-10-4-2-5-11-19)15-16-23(20-12-6-3-7-13-20)31(28)30-25(26(28)33)24(32)18-21-14-8-9-17-29-21/h2-17,22-23,26,33H,18H2,1H3/t22-,23+,26-,28?/m0/s1. The molecule has 2 aromatic carbocycles. The number of benzene rings is 2. The maximum Gasteiger partial charge on any atom is 0.337 e. The van der Waals surface area contributed by atoms with Crippen LogP contribution in [0.25, 0.3) is 0 Å². The van der Waals surface area contributed by atoms with E-state index >= 15 is 0 Å². The zero-order valence-corrected chi connectivity index (χ0v) is 19.2. The van der Waals surface area contributed by atoms with Gasteiger partial charge in [0.05, 0.1) is 19.6 Å². The van der Waals surface area contributed by atoms with Crippen molar-refractivity contribution in [3.05, 3.63) is 114 Å². The van der Waals surface area contributed by atoms with Crippen molar-refractivity contribution in [2.45, 2.75) is 30.0 Å². The van der Waals surface area contributed by atoms with Crippen LogP contribution in [0.15, 0.2) is 102 Å². The Hall–Kier alpha value is -4.10. The summed E-state index contributed by atoms with van der Waals surface area (Å²) < 4.78 is 5.28. The number of nitrogens with zero attached hydrogens (tertiary/aromatic N) is 3. The van der Waals surface area contributed by atoms with Gasteiger partial charge in [0.1, 0.15) is 11.8 Å². The molecule has 3 heterocycles. The summed E-state index contributed by atoms with van der Waals surface area (Å²) in [4.78, 5) is 31.2. The fourth-order valence-electron chi connectivity index (χ4n) is 5.03. The quantitative estimate of drug-likeness (QED) is 0.442. The number of ether oxygens (including phenoxy) is 1. The van der Waals surface area contributed by atoms with Crippen molar-refractivity contribution in [3.63, 3.8) is 0 Å². The number of aliphatic hydroxyl groups excluding tert-OH is 1. The van der Waals surface area contributed by atoms with E-state index in [1.54, 1.807) is 29.4 Å². The van der Waals surface area contributed by atoms with E-state index in [4.69, 9.17) is 4.74 Å². The van der Waals surface area contributed by atoms with Crippen LogP contribution in [0, 0.1) is 0 Å². The highest BCUT2D eigenvalue weighted by molar-refractivity contribution is 6.43. The molecule has 1 N–H and O–H groups in total. The Morgan fingerprint density at radius 2 is 1.60 bits per heavy atom. The molecule has 1 aromatic heterocycles. The first-order valence-electron chi connectivity index (χ1n) is 11.4. The zero-order valence-electron chi connectivity index (χ0n) is 19.2. The average Bonchev–Trinajstić information content (AvgIpc) is 3.23. The molecule has 1 unspecified atom stereocenters. The minimum atomic E-state index is -1.65. The summed E-state index contributed by atoms with van der Waals surface area (Å²) in [5, 5.41) is 17.9. The van der Waals surface area contributed by atoms with E-state index in [-0.39, 0.29) is 12.1 Å². The topological polar surface area (TPSA) is 92.1 Å². The first-order chi connectivity index (χ1) is 17.1. The highest BCUT2D eigenvalue weighted by atomic mass is 16.5. The van der Waals surface area contributed by atoms with Crippen molar-refractivity contribution in [3.8, 4) is 0 Å². The van der Waals surface area contributed by atoms with Crippen LogP contribution in [0.4, 0.5) is 0 Å². The number of pyridine rings is 1. The van der Waals surface area contributed by atoms with Gasteiger partial charge >= 0.3 is 5.97 Å². The Labute approximate surface area is 203 Å². The molecule has 0 saturated heterocycles. The molecule has 35 heavy (non-hydrogen) atoms. The monoisotopic (exact) mass is 467 g/mol. The lowest BCUT2D eigenvalue weighted by atomic mass is 9.70. The van der Waals surface area contributed by atoms with Crippen LogP contribution < -0.4 is 0 Å². The molecule has 0 bridgehead atoms. The second-order valence-electron chi connectivity index (χ2n) is 8.60. The minimum absolute atomic E-state index is 0.0404. The predicted octanol–water partition coefficient (Wildman–Crippen LogP) is 3.23. The molecule has 0 amide bonds. The van der Waals surface area contributed by atoms with E-state index in [0.717, 1.165) is 11.1 Å². The molecule has 3 aromatic rings. The normalized spacial score (nSPS) is 25.0. The van der Waals surface area contributed by atoms with Crippen molar-refractivity contribution in [1.29, 1.82) is 0 Å². The number of carbonyl (C=O) groups excluding carboxylic acids is 2. The number of aromatic nitrogens is 1. The van der Waals surface area contributed by atoms with Crippen LogP contribution in [-0.2, 0) is 20.7 Å². The predicted molar refractivity (Wildman–Crippen MR) is 130 cm³/mol. The molecule has 0 aliphatic carbocycles. The SMILES string of the molecule is COC(=O)C12[C@@H](O)C(C(=O)Cc3ccccn3)=NN1[C@@H](c1ccccc1)C=C[C@H]2c1ccccc1. The maximum absolute atomic E-state index is 13.6. The van der Waals surface area contributed by atoms with Crippen molar-refractivity contribution in [1.82, 2.24) is 9.99 Å². The number of hydrogen-bond acceptors (Lipinski definition) is 7. The molecule has 176 valence electrons. The van der Waals surface area contributed by atoms with E-state index in [0.29, 0.717) is 5.69 Å². The number of ketones is 1. The zero-order chi connectivity index (χ0) is 24.4. The van der Waals surface area contributed by atoms with Crippen LogP contribution in [0.1, 0.15) is 28.8 Å². The van der Waals surface area contributed by atoms with Gasteiger partial charge in [0.15, 0.2) is 11.3 Å². The van der Waals surface area contributed by atoms with Gasteiger partial charge in [0.25, 0.3) is 0 Å². The Morgan fingerprint density at radius 3 is 2.23 bits per heavy atom. The van der Waals surface area contributed by atoms with Crippen molar-refractivity contribution in [2.24, 2.45) is 5.10 Å². The number of carbonyl (C=O) groups is 2. The van der Waals surface area contributed by atoms with Gasteiger partial charge < -0.3 is 9.84 Å². The maximum atomic E-state index is 13.6. The number of rotatable bonds is 6. The molecular weight excluding hydrogens is 442 g/mol. The highest BCUT2D eigenvalue weighted by Crippen LogP contribution is 2.50. The van der Waals surface area contributed by atoms with E-state index in [1.165, 1.54) is 7.11 Å². The molecule has 4 atom stereocenters. The Bertz CT molecular complexity index is 1280. The summed E-state index contributed by atoms with van der Waals surface area (Å²) >= 11 is 0. The molecule has 2 aliphatic heterocycles. The van der Waals surface area contributed by atoms with Gasteiger partial charge in [-0.1, -0.05) is 78.9 Å². The Balaban J connectivity index is 1.66. The Morgan fingerprint density at radius 1 is 0.943 bits per heavy atom. The summed E-state index contributed by atoms with van der Waals surface area (Å²) in [6, 6.07) is 23.8. The molecule has 0 fully saturated rings. The van der Waals surface area contributed by atoms with Gasteiger partial charge in [-0.05, 0) is 23.3 Å². The molecule has 7 heteroatoms. The third kappa shape index (κ3) is 3.74. The Kier molecular flexibility index (Phi) is 6.01. The number of fused-ring (bicyclic) bond motifs is 1. The molecule has 2 aliphatic rings. The van der Waals surface area contributed by atoms with Crippen molar-refractivity contribution < 1.29 is 19.4 Å². The summed E-state index contributed by atoms with van der Waals surface area (Å²) in [6.45, 7) is 0. The van der Waals surface area contributed by atoms with E-state index in [9.17, 15) is 14.7 Å². The first kappa shape index (κ1) is 22.7. The number of hydrogen-bond donors (Lipinski definition) is 1. The van der Waals surface area contributed by atoms with Gasteiger partial charge in [-0.15, -0.1) is 0 Å². The molecule has 0 spiro atoms. The van der Waals surface area contributed by atoms with Gasteiger partial charge in [0.2, 0.25) is 0 Å². The molecule has 0 saturated carbocycles. The molecular formula is C28H25N3O4. The van der Waals surface area contributed by atoms with Gasteiger partial charge in [-0.25, -0.2) is 4.79 Å². The number of aliphatic hydroxyl groups is 1. The molecule has 5 rings (SSSR count). The number of esters is 1. The minimum Gasteiger partial charge on any atom is -0.467 e. The molecule has 7 nitrogen and oxygen atoms in total. The van der Waals surface area contributed by atoms with Crippen LogP contribution in [0.3, 0.4) is 0 Å². The van der Waals surface area contributed by atoms with Crippen molar-refractivity contribution >= 4 is 17.5 Å². The van der Waals surface area contributed by atoms with Crippen LogP contribution >= 0.6 is 0 Å². The number of methoxy groups -OCH3 is 1. The number of Topliss-reactive ketones (excluding diaryl/α,β-unsaturated/α-hetero) is 1. The van der Waals surface area contributed by atoms with Crippen LogP contribution in [0.2, 0.25) is 0 Å². The van der Waals surface area contributed by atoms with E-state index in [1.807, 2.05) is 72.8 Å². The lowest BCUT2D eigenvalue weighted by Gasteiger charge is -2.47. The summed E-state index contributed by atoms with van der Waals surface area (Å²) in [5.41, 5.74) is 0.505. The third-order valence-electron chi connectivity index (χ3n) is 6.66. The number of hydrazone groups is 1. The summed E-state index contributed by atoms with van der Waals surface area (Å²) in [7, 11) is 1.29.